The molecular weight excluding hydrogens is 340 g/mol. The van der Waals surface area contributed by atoms with Gasteiger partial charge in [-0.2, -0.15) is 0 Å². The van der Waals surface area contributed by atoms with E-state index in [1.165, 1.54) is 0 Å². The van der Waals surface area contributed by atoms with Crippen molar-refractivity contribution in [3.8, 4) is 0 Å². The summed E-state index contributed by atoms with van der Waals surface area (Å²) in [5, 5.41) is 1.14. The maximum atomic E-state index is 12.0. The van der Waals surface area contributed by atoms with Crippen LogP contribution in [-0.4, -0.2) is 13.4 Å². The molecule has 0 bridgehead atoms. The van der Waals surface area contributed by atoms with Crippen molar-refractivity contribution >= 4 is 37.7 Å². The van der Waals surface area contributed by atoms with E-state index in [4.69, 9.17) is 0 Å². The van der Waals surface area contributed by atoms with Crippen molar-refractivity contribution in [3.63, 3.8) is 0 Å². The van der Waals surface area contributed by atoms with Crippen LogP contribution in [0.25, 0.3) is 6.08 Å². The van der Waals surface area contributed by atoms with E-state index in [9.17, 15) is 8.42 Å². The molecule has 0 aliphatic rings. The van der Waals surface area contributed by atoms with Crippen molar-refractivity contribution in [2.45, 2.75) is 6.92 Å². The Labute approximate surface area is 126 Å². The molecule has 2 aromatic rings. The highest BCUT2D eigenvalue weighted by atomic mass is 79.9. The van der Waals surface area contributed by atoms with Gasteiger partial charge >= 0.3 is 0 Å². The SMILES string of the molecule is Cc1ncc(Br)cc1NS(=O)(=O)C=Cc1ccccc1. The largest absolute Gasteiger partial charge is 0.278 e. The van der Waals surface area contributed by atoms with Crippen LogP contribution in [-0.2, 0) is 10.0 Å². The molecule has 2 rings (SSSR count). The minimum atomic E-state index is -3.56. The number of nitrogens with zero attached hydrogens (tertiary/aromatic N) is 1. The van der Waals surface area contributed by atoms with Gasteiger partial charge in [0.1, 0.15) is 0 Å². The van der Waals surface area contributed by atoms with E-state index in [1.54, 1.807) is 25.3 Å². The Morgan fingerprint density at radius 3 is 2.65 bits per heavy atom. The fourth-order valence-electron chi connectivity index (χ4n) is 1.53. The van der Waals surface area contributed by atoms with E-state index < -0.39 is 10.0 Å². The zero-order valence-electron chi connectivity index (χ0n) is 10.7. The summed E-state index contributed by atoms with van der Waals surface area (Å²) in [4.78, 5) is 4.08. The Bertz CT molecular complexity index is 728. The molecule has 0 unspecified atom stereocenters. The van der Waals surface area contributed by atoms with Crippen LogP contribution < -0.4 is 4.72 Å². The van der Waals surface area contributed by atoms with E-state index in [0.717, 1.165) is 11.0 Å². The highest BCUT2D eigenvalue weighted by Gasteiger charge is 2.09. The van der Waals surface area contributed by atoms with Crippen LogP contribution in [0, 0.1) is 6.92 Å². The predicted octanol–water partition coefficient (Wildman–Crippen LogP) is 3.57. The fourth-order valence-corrected chi connectivity index (χ4v) is 2.78. The lowest BCUT2D eigenvalue weighted by atomic mass is 10.2. The first-order valence-corrected chi connectivity index (χ1v) is 8.18. The third-order valence-electron chi connectivity index (χ3n) is 2.54. The number of aryl methyl sites for hydroxylation is 1. The minimum Gasteiger partial charge on any atom is -0.278 e. The van der Waals surface area contributed by atoms with Crippen molar-refractivity contribution < 1.29 is 8.42 Å². The van der Waals surface area contributed by atoms with Crippen molar-refractivity contribution in [2.75, 3.05) is 4.72 Å². The third kappa shape index (κ3) is 4.18. The Balaban J connectivity index is 2.19. The molecule has 0 aliphatic heterocycles. The monoisotopic (exact) mass is 352 g/mol. The second kappa shape index (κ2) is 6.19. The van der Waals surface area contributed by atoms with Crippen LogP contribution >= 0.6 is 15.9 Å². The van der Waals surface area contributed by atoms with Crippen LogP contribution in [0.2, 0.25) is 0 Å². The third-order valence-corrected chi connectivity index (χ3v) is 3.98. The Morgan fingerprint density at radius 1 is 1.25 bits per heavy atom. The molecule has 0 spiro atoms. The van der Waals surface area contributed by atoms with E-state index in [-0.39, 0.29) is 0 Å². The highest BCUT2D eigenvalue weighted by molar-refractivity contribution is 9.10. The van der Waals surface area contributed by atoms with Gasteiger partial charge in [-0.3, -0.25) is 9.71 Å². The topological polar surface area (TPSA) is 59.1 Å². The molecule has 1 heterocycles. The minimum absolute atomic E-state index is 0.456. The molecule has 0 atom stereocenters. The van der Waals surface area contributed by atoms with Gasteiger partial charge < -0.3 is 0 Å². The highest BCUT2D eigenvalue weighted by Crippen LogP contribution is 2.19. The number of anilines is 1. The molecule has 6 heteroatoms. The summed E-state index contributed by atoms with van der Waals surface area (Å²) >= 11 is 3.26. The van der Waals surface area contributed by atoms with E-state index in [0.29, 0.717) is 15.9 Å². The van der Waals surface area contributed by atoms with Crippen molar-refractivity contribution in [2.24, 2.45) is 0 Å². The molecule has 1 aromatic heterocycles. The molecule has 0 saturated heterocycles. The van der Waals surface area contributed by atoms with Gasteiger partial charge in [-0.1, -0.05) is 30.3 Å². The smallest absolute Gasteiger partial charge is 0.255 e. The summed E-state index contributed by atoms with van der Waals surface area (Å²) in [6, 6.07) is 10.9. The zero-order chi connectivity index (χ0) is 14.6. The van der Waals surface area contributed by atoms with Crippen LogP contribution in [0.1, 0.15) is 11.3 Å². The predicted molar refractivity (Wildman–Crippen MR) is 84.7 cm³/mol. The van der Waals surface area contributed by atoms with Gasteiger partial charge in [0.05, 0.1) is 16.8 Å². The second-order valence-corrected chi connectivity index (χ2v) is 6.63. The number of hydrogen-bond donors (Lipinski definition) is 1. The summed E-state index contributed by atoms with van der Waals surface area (Å²) in [7, 11) is -3.56. The molecule has 0 radical (unpaired) electrons. The normalized spacial score (nSPS) is 11.7. The quantitative estimate of drug-likeness (QED) is 0.914. The summed E-state index contributed by atoms with van der Waals surface area (Å²) in [5.41, 5.74) is 1.89. The Morgan fingerprint density at radius 2 is 1.95 bits per heavy atom. The van der Waals surface area contributed by atoms with Gasteiger partial charge in [-0.15, -0.1) is 0 Å². The van der Waals surface area contributed by atoms with Gasteiger partial charge in [-0.05, 0) is 40.6 Å². The number of halogens is 1. The van der Waals surface area contributed by atoms with Crippen LogP contribution in [0.5, 0.6) is 0 Å². The maximum Gasteiger partial charge on any atom is 0.255 e. The van der Waals surface area contributed by atoms with Gasteiger partial charge in [0.25, 0.3) is 10.0 Å². The lowest BCUT2D eigenvalue weighted by molar-refractivity contribution is 0.609. The molecule has 104 valence electrons. The molecule has 4 nitrogen and oxygen atoms in total. The fraction of sp³-hybridized carbons (Fsp3) is 0.0714. The number of nitrogens with one attached hydrogen (secondary N) is 1. The molecule has 0 amide bonds. The number of pyridine rings is 1. The first-order valence-electron chi connectivity index (χ1n) is 5.84. The number of aromatic nitrogens is 1. The van der Waals surface area contributed by atoms with E-state index >= 15 is 0 Å². The average molecular weight is 353 g/mol. The van der Waals surface area contributed by atoms with Gasteiger partial charge in [0.15, 0.2) is 0 Å². The van der Waals surface area contributed by atoms with Crippen LogP contribution in [0.4, 0.5) is 5.69 Å². The number of benzene rings is 1. The van der Waals surface area contributed by atoms with Crippen LogP contribution in [0.3, 0.4) is 0 Å². The number of sulfonamides is 1. The Kier molecular flexibility index (Phi) is 4.57. The van der Waals surface area contributed by atoms with Crippen molar-refractivity contribution in [1.29, 1.82) is 0 Å². The lowest BCUT2D eigenvalue weighted by Gasteiger charge is -2.07. The molecule has 0 saturated carbocycles. The van der Waals surface area contributed by atoms with Crippen molar-refractivity contribution in [1.82, 2.24) is 4.98 Å². The summed E-state index contributed by atoms with van der Waals surface area (Å²) in [6.07, 6.45) is 3.16. The molecule has 1 N–H and O–H groups in total. The summed E-state index contributed by atoms with van der Waals surface area (Å²) < 4.78 is 27.2. The van der Waals surface area contributed by atoms with Crippen LogP contribution in [0.15, 0.2) is 52.5 Å². The maximum absolute atomic E-state index is 12.0. The second-order valence-electron chi connectivity index (χ2n) is 4.15. The lowest BCUT2D eigenvalue weighted by Crippen LogP contribution is -2.10. The van der Waals surface area contributed by atoms with E-state index in [1.807, 2.05) is 30.3 Å². The molecule has 1 aromatic carbocycles. The van der Waals surface area contributed by atoms with E-state index in [2.05, 4.69) is 25.6 Å². The molecule has 0 fully saturated rings. The standard InChI is InChI=1S/C14H13BrN2O2S/c1-11-14(9-13(15)10-16-11)17-20(18,19)8-7-12-5-3-2-4-6-12/h2-10,17H,1H3. The molecule has 20 heavy (non-hydrogen) atoms. The first-order chi connectivity index (χ1) is 9.46. The number of hydrogen-bond acceptors (Lipinski definition) is 3. The van der Waals surface area contributed by atoms with Gasteiger partial charge in [0.2, 0.25) is 0 Å². The average Bonchev–Trinajstić information content (AvgIpc) is 2.42. The summed E-state index contributed by atoms with van der Waals surface area (Å²) in [5.74, 6) is 0. The zero-order valence-corrected chi connectivity index (χ0v) is 13.1. The van der Waals surface area contributed by atoms with Gasteiger partial charge in [-0.25, -0.2) is 8.42 Å². The molecule has 0 aliphatic carbocycles. The Hall–Kier alpha value is -1.66. The first kappa shape index (κ1) is 14.7. The van der Waals surface area contributed by atoms with Gasteiger partial charge in [0, 0.05) is 10.7 Å². The number of rotatable bonds is 4. The molecular formula is C14H13BrN2O2S. The summed E-state index contributed by atoms with van der Waals surface area (Å²) in [6.45, 7) is 1.74. The van der Waals surface area contributed by atoms with Crippen molar-refractivity contribution in [3.05, 3.63) is 63.7 Å².